The molecule has 0 aliphatic rings. The van der Waals surface area contributed by atoms with Crippen LogP contribution in [0.25, 0.3) is 0 Å². The van der Waals surface area contributed by atoms with Gasteiger partial charge in [-0.2, -0.15) is 0 Å². The van der Waals surface area contributed by atoms with E-state index in [1.165, 1.54) is 14.2 Å². The number of halogens is 1. The van der Waals surface area contributed by atoms with Gasteiger partial charge in [-0.15, -0.1) is 0 Å². The van der Waals surface area contributed by atoms with Gasteiger partial charge >= 0.3 is 5.97 Å². The number of anilines is 1. The summed E-state index contributed by atoms with van der Waals surface area (Å²) in [5, 5.41) is 0. The highest BCUT2D eigenvalue weighted by atomic mass is 127. The van der Waals surface area contributed by atoms with Crippen molar-refractivity contribution in [3.05, 3.63) is 20.8 Å². The zero-order valence-electron chi connectivity index (χ0n) is 8.76. The van der Waals surface area contributed by atoms with Crippen molar-refractivity contribution in [1.29, 1.82) is 0 Å². The first kappa shape index (κ1) is 12.1. The van der Waals surface area contributed by atoms with Crippen molar-refractivity contribution in [2.75, 3.05) is 20.0 Å². The molecule has 0 aliphatic carbocycles. The summed E-state index contributed by atoms with van der Waals surface area (Å²) in [5.74, 6) is 0.106. The van der Waals surface area contributed by atoms with Crippen molar-refractivity contribution >= 4 is 34.2 Å². The number of carbonyl (C=O) groups is 1. The van der Waals surface area contributed by atoms with Crippen LogP contribution in [0.4, 0.5) is 5.69 Å². The lowest BCUT2D eigenvalue weighted by Gasteiger charge is -2.12. The van der Waals surface area contributed by atoms with Gasteiger partial charge in [-0.1, -0.05) is 0 Å². The molecule has 2 N–H and O–H groups in total. The number of rotatable bonds is 2. The van der Waals surface area contributed by atoms with Gasteiger partial charge in [0.25, 0.3) is 0 Å². The minimum atomic E-state index is -0.385. The molecule has 5 heteroatoms. The second-order valence-electron chi connectivity index (χ2n) is 2.97. The van der Waals surface area contributed by atoms with E-state index >= 15 is 0 Å². The van der Waals surface area contributed by atoms with Crippen molar-refractivity contribution in [2.24, 2.45) is 0 Å². The van der Waals surface area contributed by atoms with E-state index in [0.717, 1.165) is 9.13 Å². The average molecular weight is 321 g/mol. The van der Waals surface area contributed by atoms with Crippen LogP contribution in [0.5, 0.6) is 5.75 Å². The molecule has 0 aliphatic heterocycles. The number of benzene rings is 1. The number of methoxy groups -OCH3 is 2. The van der Waals surface area contributed by atoms with Crippen molar-refractivity contribution in [1.82, 2.24) is 0 Å². The maximum absolute atomic E-state index is 11.4. The van der Waals surface area contributed by atoms with E-state index in [9.17, 15) is 4.79 Å². The number of nitrogens with two attached hydrogens (primary N) is 1. The molecular formula is C10H12INO3. The summed E-state index contributed by atoms with van der Waals surface area (Å²) in [5.41, 5.74) is 7.65. The Morgan fingerprint density at radius 2 is 2.07 bits per heavy atom. The van der Waals surface area contributed by atoms with E-state index < -0.39 is 0 Å². The highest BCUT2D eigenvalue weighted by molar-refractivity contribution is 14.1. The molecule has 4 nitrogen and oxygen atoms in total. The quantitative estimate of drug-likeness (QED) is 0.514. The summed E-state index contributed by atoms with van der Waals surface area (Å²) in [6.07, 6.45) is 0. The first-order valence-electron chi connectivity index (χ1n) is 4.23. The fraction of sp³-hybridized carbons (Fsp3) is 0.300. The topological polar surface area (TPSA) is 61.5 Å². The molecule has 0 saturated heterocycles. The Kier molecular flexibility index (Phi) is 3.78. The summed E-state index contributed by atoms with van der Waals surface area (Å²) in [6, 6.07) is 1.60. The predicted molar refractivity (Wildman–Crippen MR) is 66.2 cm³/mol. The Bertz CT molecular complexity index is 404. The van der Waals surface area contributed by atoms with Crippen LogP contribution in [-0.2, 0) is 4.74 Å². The van der Waals surface area contributed by atoms with Crippen molar-refractivity contribution in [3.63, 3.8) is 0 Å². The number of ether oxygens (including phenoxy) is 2. The molecular weight excluding hydrogens is 309 g/mol. The monoisotopic (exact) mass is 321 g/mol. The molecule has 0 heterocycles. The fourth-order valence-corrected chi connectivity index (χ4v) is 1.79. The Morgan fingerprint density at radius 3 is 2.53 bits per heavy atom. The SMILES string of the molecule is COC(=O)c1cc(OC)c(N)c(I)c1C. The standard InChI is InChI=1S/C10H12INO3/c1-5-6(10(13)15-3)4-7(14-2)9(12)8(5)11/h4H,12H2,1-3H3. The summed E-state index contributed by atoms with van der Waals surface area (Å²) in [4.78, 5) is 11.4. The number of nitrogen functional groups attached to an aromatic ring is 1. The van der Waals surface area contributed by atoms with Gasteiger partial charge in [0.2, 0.25) is 0 Å². The van der Waals surface area contributed by atoms with E-state index in [2.05, 4.69) is 27.3 Å². The van der Waals surface area contributed by atoms with Gasteiger partial charge in [-0.3, -0.25) is 0 Å². The maximum atomic E-state index is 11.4. The Labute approximate surface area is 102 Å². The Morgan fingerprint density at radius 1 is 1.47 bits per heavy atom. The van der Waals surface area contributed by atoms with E-state index in [1.54, 1.807) is 6.07 Å². The summed E-state index contributed by atoms with van der Waals surface area (Å²) in [6.45, 7) is 1.82. The van der Waals surface area contributed by atoms with E-state index in [0.29, 0.717) is 17.0 Å². The number of hydrogen-bond acceptors (Lipinski definition) is 4. The van der Waals surface area contributed by atoms with Crippen LogP contribution < -0.4 is 10.5 Å². The highest BCUT2D eigenvalue weighted by Gasteiger charge is 2.17. The lowest BCUT2D eigenvalue weighted by Crippen LogP contribution is -2.08. The van der Waals surface area contributed by atoms with Crippen LogP contribution in [0, 0.1) is 10.5 Å². The van der Waals surface area contributed by atoms with Gasteiger partial charge < -0.3 is 15.2 Å². The average Bonchev–Trinajstić information content (AvgIpc) is 2.25. The first-order valence-corrected chi connectivity index (χ1v) is 5.31. The normalized spacial score (nSPS) is 9.87. The predicted octanol–water partition coefficient (Wildman–Crippen LogP) is 1.98. The number of carbonyl (C=O) groups excluding carboxylic acids is 1. The van der Waals surface area contributed by atoms with Crippen molar-refractivity contribution in [3.8, 4) is 5.75 Å². The van der Waals surface area contributed by atoms with E-state index in [-0.39, 0.29) is 5.97 Å². The van der Waals surface area contributed by atoms with Gasteiger partial charge in [0.05, 0.1) is 25.5 Å². The van der Waals surface area contributed by atoms with Crippen molar-refractivity contribution < 1.29 is 14.3 Å². The molecule has 1 rings (SSSR count). The minimum absolute atomic E-state index is 0.385. The van der Waals surface area contributed by atoms with Crippen LogP contribution in [0.15, 0.2) is 6.07 Å². The van der Waals surface area contributed by atoms with Gasteiger partial charge in [0, 0.05) is 3.57 Å². The van der Waals surface area contributed by atoms with Gasteiger partial charge in [0.1, 0.15) is 5.75 Å². The molecule has 0 atom stereocenters. The third kappa shape index (κ3) is 2.17. The molecule has 0 spiro atoms. The summed E-state index contributed by atoms with van der Waals surface area (Å²) in [7, 11) is 2.86. The molecule has 0 unspecified atom stereocenters. The number of esters is 1. The van der Waals surface area contributed by atoms with Crippen LogP contribution in [0.3, 0.4) is 0 Å². The zero-order valence-corrected chi connectivity index (χ0v) is 10.9. The smallest absolute Gasteiger partial charge is 0.338 e. The Balaban J connectivity index is 3.41. The molecule has 82 valence electrons. The molecule has 0 saturated carbocycles. The molecule has 0 radical (unpaired) electrons. The third-order valence-corrected chi connectivity index (χ3v) is 3.53. The molecule has 1 aromatic rings. The zero-order chi connectivity index (χ0) is 11.6. The van der Waals surface area contributed by atoms with Crippen LogP contribution in [0.1, 0.15) is 15.9 Å². The van der Waals surface area contributed by atoms with E-state index in [4.69, 9.17) is 10.5 Å². The second-order valence-corrected chi connectivity index (χ2v) is 4.05. The summed E-state index contributed by atoms with van der Waals surface area (Å²) >= 11 is 2.08. The molecule has 15 heavy (non-hydrogen) atoms. The van der Waals surface area contributed by atoms with Crippen molar-refractivity contribution in [2.45, 2.75) is 6.92 Å². The lowest BCUT2D eigenvalue weighted by molar-refractivity contribution is 0.0599. The van der Waals surface area contributed by atoms with Crippen LogP contribution in [0.2, 0.25) is 0 Å². The Hall–Kier alpha value is -0.980. The molecule has 0 bridgehead atoms. The second kappa shape index (κ2) is 4.69. The minimum Gasteiger partial charge on any atom is -0.495 e. The van der Waals surface area contributed by atoms with Crippen LogP contribution in [-0.4, -0.2) is 20.2 Å². The lowest BCUT2D eigenvalue weighted by atomic mass is 10.1. The van der Waals surface area contributed by atoms with Gasteiger partial charge in [-0.25, -0.2) is 4.79 Å². The fourth-order valence-electron chi connectivity index (χ4n) is 1.24. The first-order chi connectivity index (χ1) is 7.02. The molecule has 0 aromatic heterocycles. The molecule has 1 aromatic carbocycles. The number of hydrogen-bond donors (Lipinski definition) is 1. The maximum Gasteiger partial charge on any atom is 0.338 e. The largest absolute Gasteiger partial charge is 0.495 e. The van der Waals surface area contributed by atoms with Crippen LogP contribution >= 0.6 is 22.6 Å². The molecule has 0 amide bonds. The van der Waals surface area contributed by atoms with E-state index in [1.807, 2.05) is 6.92 Å². The van der Waals surface area contributed by atoms with Gasteiger partial charge in [0.15, 0.2) is 0 Å². The highest BCUT2D eigenvalue weighted by Crippen LogP contribution is 2.32. The third-order valence-electron chi connectivity index (χ3n) is 2.14. The van der Waals surface area contributed by atoms with Gasteiger partial charge in [-0.05, 0) is 41.1 Å². The molecule has 0 fully saturated rings. The summed E-state index contributed by atoms with van der Waals surface area (Å²) < 4.78 is 10.6.